The Morgan fingerprint density at radius 2 is 1.82 bits per heavy atom. The second kappa shape index (κ2) is 12.6. The van der Waals surface area contributed by atoms with Gasteiger partial charge in [-0.15, -0.1) is 12.4 Å². The number of ether oxygens (including phenoxy) is 3. The van der Waals surface area contributed by atoms with Crippen molar-refractivity contribution < 1.29 is 23.4 Å². The van der Waals surface area contributed by atoms with Crippen LogP contribution in [-0.4, -0.2) is 25.5 Å². The number of methoxy groups -OCH3 is 1. The van der Waals surface area contributed by atoms with E-state index in [4.69, 9.17) is 25.4 Å². The average molecular weight is 488 g/mol. The van der Waals surface area contributed by atoms with E-state index in [1.165, 1.54) is 19.2 Å². The van der Waals surface area contributed by atoms with Crippen LogP contribution in [-0.2, 0) is 16.1 Å². The van der Waals surface area contributed by atoms with Crippen LogP contribution >= 0.6 is 12.4 Å². The monoisotopic (exact) mass is 487 g/mol. The van der Waals surface area contributed by atoms with E-state index in [-0.39, 0.29) is 37.0 Å². The first-order valence-electron chi connectivity index (χ1n) is 10.4. The highest BCUT2D eigenvalue weighted by atomic mass is 35.5. The van der Waals surface area contributed by atoms with Crippen LogP contribution < -0.4 is 20.5 Å². The molecule has 180 valence electrons. The van der Waals surface area contributed by atoms with Crippen molar-refractivity contribution >= 4 is 24.1 Å². The predicted octanol–water partition coefficient (Wildman–Crippen LogP) is 4.73. The van der Waals surface area contributed by atoms with Crippen LogP contribution in [0.1, 0.15) is 29.7 Å². The lowest BCUT2D eigenvalue weighted by atomic mass is 10.1. The van der Waals surface area contributed by atoms with Gasteiger partial charge < -0.3 is 25.3 Å². The second-order valence-electron chi connectivity index (χ2n) is 7.09. The predicted molar refractivity (Wildman–Crippen MR) is 130 cm³/mol. The minimum absolute atomic E-state index is 0. The number of hydrogen-bond donors (Lipinski definition) is 3. The fourth-order valence-electron chi connectivity index (χ4n) is 3.17. The number of carbonyl (C=O) groups excluding carboxylic acids is 1. The molecule has 0 radical (unpaired) electrons. The quantitative estimate of drug-likeness (QED) is 0.283. The number of hydrogen-bond acceptors (Lipinski definition) is 5. The summed E-state index contributed by atoms with van der Waals surface area (Å²) in [4.78, 5) is 12.9. The minimum Gasteiger partial charge on any atom is -0.497 e. The van der Waals surface area contributed by atoms with Gasteiger partial charge in [-0.2, -0.15) is 0 Å². The van der Waals surface area contributed by atoms with Crippen LogP contribution in [0.15, 0.2) is 66.7 Å². The van der Waals surface area contributed by atoms with Crippen molar-refractivity contribution in [1.29, 1.82) is 5.41 Å². The molecular formula is C25H27ClFN3O4. The van der Waals surface area contributed by atoms with Crippen molar-refractivity contribution in [3.8, 4) is 17.2 Å². The van der Waals surface area contributed by atoms with Gasteiger partial charge in [0.05, 0.1) is 7.11 Å². The van der Waals surface area contributed by atoms with Gasteiger partial charge >= 0.3 is 0 Å². The van der Waals surface area contributed by atoms with E-state index < -0.39 is 17.8 Å². The van der Waals surface area contributed by atoms with Crippen LogP contribution in [0.5, 0.6) is 17.2 Å². The maximum Gasteiger partial charge on any atom is 0.254 e. The molecule has 3 aromatic rings. The zero-order valence-corrected chi connectivity index (χ0v) is 19.7. The van der Waals surface area contributed by atoms with Crippen LogP contribution in [0.25, 0.3) is 0 Å². The fourth-order valence-corrected chi connectivity index (χ4v) is 3.17. The third-order valence-electron chi connectivity index (χ3n) is 4.86. The number of carbonyl (C=O) groups is 1. The summed E-state index contributed by atoms with van der Waals surface area (Å²) in [7, 11) is 1.44. The van der Waals surface area contributed by atoms with Crippen molar-refractivity contribution in [1.82, 2.24) is 5.32 Å². The molecule has 1 atom stereocenters. The first-order valence-corrected chi connectivity index (χ1v) is 10.4. The van der Waals surface area contributed by atoms with Gasteiger partial charge in [0.1, 0.15) is 28.9 Å². The Morgan fingerprint density at radius 3 is 2.44 bits per heavy atom. The van der Waals surface area contributed by atoms with E-state index in [2.05, 4.69) is 5.32 Å². The summed E-state index contributed by atoms with van der Waals surface area (Å²) in [5, 5.41) is 10.5. The molecule has 7 nitrogen and oxygen atoms in total. The van der Waals surface area contributed by atoms with Gasteiger partial charge in [-0.1, -0.05) is 30.3 Å². The largest absolute Gasteiger partial charge is 0.497 e. The molecule has 0 aliphatic heterocycles. The second-order valence-corrected chi connectivity index (χ2v) is 7.09. The van der Waals surface area contributed by atoms with Crippen LogP contribution in [0.4, 0.5) is 4.39 Å². The lowest BCUT2D eigenvalue weighted by Crippen LogP contribution is -2.31. The van der Waals surface area contributed by atoms with Crippen molar-refractivity contribution in [3.63, 3.8) is 0 Å². The first-order chi connectivity index (χ1) is 15.9. The summed E-state index contributed by atoms with van der Waals surface area (Å²) >= 11 is 0. The Hall–Kier alpha value is -3.62. The molecule has 1 amide bonds. The minimum atomic E-state index is -1.13. The summed E-state index contributed by atoms with van der Waals surface area (Å²) in [6.07, 6.45) is -1.13. The molecule has 34 heavy (non-hydrogen) atoms. The Morgan fingerprint density at radius 1 is 1.09 bits per heavy atom. The highest BCUT2D eigenvalue weighted by Crippen LogP contribution is 2.28. The molecule has 1 unspecified atom stereocenters. The number of amidine groups is 1. The summed E-state index contributed by atoms with van der Waals surface area (Å²) in [5.41, 5.74) is 6.88. The fraction of sp³-hybridized carbons (Fsp3) is 0.200. The number of rotatable bonds is 10. The van der Waals surface area contributed by atoms with Crippen LogP contribution in [0, 0.1) is 11.2 Å². The smallest absolute Gasteiger partial charge is 0.254 e. The maximum atomic E-state index is 14.6. The number of halogens is 2. The standard InChI is InChI=1S/C25H26FN3O4.ClH/c1-3-32-23(20-12-11-19(31-2)14-21(20)26)25(30)29-15-17-10-9-16(24(27)28)13-22(17)33-18-7-5-4-6-8-18;/h4-14,23H,3,15H2,1-2H3,(H3,27,28)(H,29,30);1H. The lowest BCUT2D eigenvalue weighted by molar-refractivity contribution is -0.133. The molecule has 0 spiro atoms. The van der Waals surface area contributed by atoms with E-state index in [9.17, 15) is 9.18 Å². The molecule has 9 heteroatoms. The molecule has 0 aliphatic rings. The van der Waals surface area contributed by atoms with Gasteiger partial charge in [0.2, 0.25) is 0 Å². The average Bonchev–Trinajstić information content (AvgIpc) is 2.82. The number of benzene rings is 3. The zero-order chi connectivity index (χ0) is 23.8. The third kappa shape index (κ3) is 6.69. The number of amides is 1. The Kier molecular flexibility index (Phi) is 9.85. The molecule has 0 bridgehead atoms. The SMILES string of the molecule is CCOC(C(=O)NCc1ccc(C(=N)N)cc1Oc1ccccc1)c1ccc(OC)cc1F.Cl. The lowest BCUT2D eigenvalue weighted by Gasteiger charge is -2.19. The van der Waals surface area contributed by atoms with Crippen molar-refractivity contribution in [3.05, 3.63) is 89.2 Å². The Labute approximate surface area is 203 Å². The normalized spacial score (nSPS) is 11.1. The van der Waals surface area contributed by atoms with E-state index in [1.54, 1.807) is 43.3 Å². The molecule has 0 heterocycles. The molecule has 0 saturated heterocycles. The number of nitrogens with one attached hydrogen (secondary N) is 2. The van der Waals surface area contributed by atoms with E-state index in [0.717, 1.165) is 0 Å². The van der Waals surface area contributed by atoms with E-state index in [1.807, 2.05) is 18.2 Å². The third-order valence-corrected chi connectivity index (χ3v) is 4.86. The Bertz CT molecular complexity index is 1130. The van der Waals surface area contributed by atoms with E-state index >= 15 is 0 Å². The van der Waals surface area contributed by atoms with Gasteiger partial charge in [-0.3, -0.25) is 10.2 Å². The molecule has 3 rings (SSSR count). The van der Waals surface area contributed by atoms with Crippen molar-refractivity contribution in [2.75, 3.05) is 13.7 Å². The van der Waals surface area contributed by atoms with Crippen molar-refractivity contribution in [2.45, 2.75) is 19.6 Å². The van der Waals surface area contributed by atoms with Gasteiger partial charge in [0, 0.05) is 35.9 Å². The molecule has 0 fully saturated rings. The van der Waals surface area contributed by atoms with Crippen LogP contribution in [0.2, 0.25) is 0 Å². The molecule has 3 aromatic carbocycles. The summed E-state index contributed by atoms with van der Waals surface area (Å²) < 4.78 is 31.1. The molecule has 4 N–H and O–H groups in total. The number of para-hydroxylation sites is 1. The summed E-state index contributed by atoms with van der Waals surface area (Å²) in [5.74, 6) is 0.190. The van der Waals surface area contributed by atoms with E-state index in [0.29, 0.717) is 28.4 Å². The molecule has 0 aromatic heterocycles. The zero-order valence-electron chi connectivity index (χ0n) is 18.8. The topological polar surface area (TPSA) is 107 Å². The number of nitrogens with two attached hydrogens (primary N) is 1. The Balaban J connectivity index is 0.00000408. The maximum absolute atomic E-state index is 14.6. The molecule has 0 aliphatic carbocycles. The summed E-state index contributed by atoms with van der Waals surface area (Å²) in [6, 6.07) is 18.4. The molecular weight excluding hydrogens is 461 g/mol. The highest BCUT2D eigenvalue weighted by Gasteiger charge is 2.25. The van der Waals surface area contributed by atoms with Crippen molar-refractivity contribution in [2.24, 2.45) is 5.73 Å². The van der Waals surface area contributed by atoms with Gasteiger partial charge in [-0.25, -0.2) is 4.39 Å². The van der Waals surface area contributed by atoms with Crippen LogP contribution in [0.3, 0.4) is 0 Å². The van der Waals surface area contributed by atoms with Gasteiger partial charge in [0.25, 0.3) is 5.91 Å². The summed E-state index contributed by atoms with van der Waals surface area (Å²) in [6.45, 7) is 2.05. The first kappa shape index (κ1) is 26.6. The van der Waals surface area contributed by atoms with Gasteiger partial charge in [-0.05, 0) is 37.3 Å². The number of nitrogen functional groups attached to an aromatic ring is 1. The highest BCUT2D eigenvalue weighted by molar-refractivity contribution is 5.95. The van der Waals surface area contributed by atoms with Gasteiger partial charge in [0.15, 0.2) is 6.10 Å². The molecule has 0 saturated carbocycles.